The molecule has 2 heterocycles. The maximum Gasteiger partial charge on any atom is 0.224 e. The largest absolute Gasteiger partial charge is 0.224 e. The van der Waals surface area contributed by atoms with Gasteiger partial charge in [-0.05, 0) is 29.7 Å². The van der Waals surface area contributed by atoms with Gasteiger partial charge in [0.2, 0.25) is 5.82 Å². The molecule has 0 saturated heterocycles. The van der Waals surface area contributed by atoms with Crippen LogP contribution in [0, 0.1) is 6.92 Å². The molecule has 0 fully saturated rings. The summed E-state index contributed by atoms with van der Waals surface area (Å²) in [6, 6.07) is 1.92. The van der Waals surface area contributed by atoms with E-state index in [1.165, 1.54) is 0 Å². The molecule has 0 bridgehead atoms. The Labute approximate surface area is 87.1 Å². The van der Waals surface area contributed by atoms with Crippen molar-refractivity contribution in [2.45, 2.75) is 26.7 Å². The second-order valence-corrected chi connectivity index (χ2v) is 3.69. The molecule has 0 atom stereocenters. The van der Waals surface area contributed by atoms with Crippen molar-refractivity contribution in [1.29, 1.82) is 0 Å². The number of H-pyrrole nitrogens is 1. The molecule has 2 aromatic heterocycles. The summed E-state index contributed by atoms with van der Waals surface area (Å²) >= 11 is 0. The van der Waals surface area contributed by atoms with Gasteiger partial charge < -0.3 is 0 Å². The Morgan fingerprint density at radius 1 is 1.20 bits per heavy atom. The third kappa shape index (κ3) is 1.83. The maximum atomic E-state index is 4.16. The molecule has 0 aliphatic rings. The number of hydrogen-bond acceptors (Lipinski definition) is 5. The van der Waals surface area contributed by atoms with Gasteiger partial charge in [-0.3, -0.25) is 0 Å². The molecular formula is C9H12N6. The standard InChI is InChI=1S/C9H12N6/c1-5(2)8-6(3)4-7(10-11-8)9-12-14-15-13-9/h4-5H,1-3H3,(H,12,13,14,15). The average molecular weight is 204 g/mol. The van der Waals surface area contributed by atoms with E-state index in [0.717, 1.165) is 11.3 Å². The second kappa shape index (κ2) is 3.72. The normalized spacial score (nSPS) is 10.9. The van der Waals surface area contributed by atoms with Crippen molar-refractivity contribution in [3.63, 3.8) is 0 Å². The van der Waals surface area contributed by atoms with Gasteiger partial charge in [-0.1, -0.05) is 13.8 Å². The molecular weight excluding hydrogens is 192 g/mol. The first-order chi connectivity index (χ1) is 7.18. The maximum absolute atomic E-state index is 4.16. The first-order valence-corrected chi connectivity index (χ1v) is 4.76. The first-order valence-electron chi connectivity index (χ1n) is 4.76. The second-order valence-electron chi connectivity index (χ2n) is 3.69. The molecule has 0 radical (unpaired) electrons. The molecule has 0 saturated carbocycles. The predicted molar refractivity (Wildman–Crippen MR) is 54.0 cm³/mol. The Balaban J connectivity index is 2.42. The van der Waals surface area contributed by atoms with Crippen LogP contribution in [-0.2, 0) is 0 Å². The summed E-state index contributed by atoms with van der Waals surface area (Å²) in [7, 11) is 0. The van der Waals surface area contributed by atoms with Crippen LogP contribution in [0.15, 0.2) is 6.07 Å². The zero-order valence-electron chi connectivity index (χ0n) is 8.89. The number of tetrazole rings is 1. The van der Waals surface area contributed by atoms with Crippen LogP contribution in [0.25, 0.3) is 11.5 Å². The summed E-state index contributed by atoms with van der Waals surface area (Å²) < 4.78 is 0. The number of nitrogens with one attached hydrogen (secondary N) is 1. The summed E-state index contributed by atoms with van der Waals surface area (Å²) in [5.41, 5.74) is 2.74. The molecule has 6 heteroatoms. The number of aryl methyl sites for hydroxylation is 1. The van der Waals surface area contributed by atoms with E-state index < -0.39 is 0 Å². The minimum atomic E-state index is 0.372. The van der Waals surface area contributed by atoms with Crippen molar-refractivity contribution in [2.24, 2.45) is 0 Å². The minimum Gasteiger partial charge on any atom is -0.177 e. The van der Waals surface area contributed by atoms with E-state index in [1.807, 2.05) is 13.0 Å². The third-order valence-electron chi connectivity index (χ3n) is 2.14. The third-order valence-corrected chi connectivity index (χ3v) is 2.14. The van der Waals surface area contributed by atoms with E-state index in [4.69, 9.17) is 0 Å². The molecule has 0 aromatic carbocycles. The quantitative estimate of drug-likeness (QED) is 0.791. The molecule has 0 spiro atoms. The fourth-order valence-corrected chi connectivity index (χ4v) is 1.44. The molecule has 0 amide bonds. The fourth-order valence-electron chi connectivity index (χ4n) is 1.44. The van der Waals surface area contributed by atoms with Crippen molar-refractivity contribution in [3.8, 4) is 11.5 Å². The lowest BCUT2D eigenvalue weighted by atomic mass is 10.1. The topological polar surface area (TPSA) is 80.2 Å². The summed E-state index contributed by atoms with van der Waals surface area (Å²) in [6.45, 7) is 6.18. The van der Waals surface area contributed by atoms with Gasteiger partial charge in [0.15, 0.2) is 0 Å². The van der Waals surface area contributed by atoms with Crippen molar-refractivity contribution in [1.82, 2.24) is 30.8 Å². The van der Waals surface area contributed by atoms with E-state index in [9.17, 15) is 0 Å². The van der Waals surface area contributed by atoms with E-state index in [2.05, 4.69) is 44.7 Å². The Bertz CT molecular complexity index is 448. The summed E-state index contributed by atoms with van der Waals surface area (Å²) in [5, 5.41) is 21.8. The number of rotatable bonds is 2. The Kier molecular flexibility index (Phi) is 2.40. The van der Waals surface area contributed by atoms with Gasteiger partial charge in [-0.15, -0.1) is 15.3 Å². The molecule has 1 N–H and O–H groups in total. The Morgan fingerprint density at radius 3 is 2.53 bits per heavy atom. The molecule has 15 heavy (non-hydrogen) atoms. The number of aromatic amines is 1. The smallest absolute Gasteiger partial charge is 0.177 e. The van der Waals surface area contributed by atoms with Gasteiger partial charge >= 0.3 is 0 Å². The van der Waals surface area contributed by atoms with Crippen LogP contribution >= 0.6 is 0 Å². The Hall–Kier alpha value is -1.85. The fraction of sp³-hybridized carbons (Fsp3) is 0.444. The van der Waals surface area contributed by atoms with Gasteiger partial charge in [-0.25, -0.2) is 0 Å². The van der Waals surface area contributed by atoms with E-state index >= 15 is 0 Å². The monoisotopic (exact) mass is 204 g/mol. The van der Waals surface area contributed by atoms with Gasteiger partial charge in [0.25, 0.3) is 0 Å². The first kappa shape index (κ1) is 9.70. The average Bonchev–Trinajstić information content (AvgIpc) is 2.69. The molecule has 6 nitrogen and oxygen atoms in total. The molecule has 0 aliphatic carbocycles. The van der Waals surface area contributed by atoms with Gasteiger partial charge in [0.05, 0.1) is 5.69 Å². The predicted octanol–water partition coefficient (Wildman–Crippen LogP) is 1.09. The molecule has 0 aliphatic heterocycles. The highest BCUT2D eigenvalue weighted by Crippen LogP contribution is 2.18. The van der Waals surface area contributed by atoms with Crippen molar-refractivity contribution >= 4 is 0 Å². The van der Waals surface area contributed by atoms with Gasteiger partial charge in [-0.2, -0.15) is 10.3 Å². The van der Waals surface area contributed by atoms with Crippen LogP contribution in [0.3, 0.4) is 0 Å². The number of hydrogen-bond donors (Lipinski definition) is 1. The summed E-state index contributed by atoms with van der Waals surface area (Å²) in [6.07, 6.45) is 0. The molecule has 0 unspecified atom stereocenters. The molecule has 78 valence electrons. The van der Waals surface area contributed by atoms with Crippen LogP contribution < -0.4 is 0 Å². The van der Waals surface area contributed by atoms with Crippen LogP contribution in [0.5, 0.6) is 0 Å². The summed E-state index contributed by atoms with van der Waals surface area (Å²) in [4.78, 5) is 0. The highest BCUT2D eigenvalue weighted by molar-refractivity contribution is 5.48. The van der Waals surface area contributed by atoms with Crippen LogP contribution in [0.2, 0.25) is 0 Å². The zero-order chi connectivity index (χ0) is 10.8. The van der Waals surface area contributed by atoms with Gasteiger partial charge in [0, 0.05) is 0 Å². The van der Waals surface area contributed by atoms with E-state index in [0.29, 0.717) is 17.4 Å². The minimum absolute atomic E-state index is 0.372. The highest BCUT2D eigenvalue weighted by Gasteiger charge is 2.10. The lowest BCUT2D eigenvalue weighted by Crippen LogP contribution is -2.01. The van der Waals surface area contributed by atoms with Crippen LogP contribution in [-0.4, -0.2) is 30.8 Å². The zero-order valence-corrected chi connectivity index (χ0v) is 8.89. The molecule has 2 aromatic rings. The molecule has 2 rings (SSSR count). The van der Waals surface area contributed by atoms with E-state index in [1.54, 1.807) is 0 Å². The summed E-state index contributed by atoms with van der Waals surface area (Å²) in [5.74, 6) is 0.845. The van der Waals surface area contributed by atoms with Crippen LogP contribution in [0.4, 0.5) is 0 Å². The SMILES string of the molecule is Cc1cc(-c2nn[nH]n2)nnc1C(C)C. The highest BCUT2D eigenvalue weighted by atomic mass is 15.5. The lowest BCUT2D eigenvalue weighted by Gasteiger charge is -2.07. The van der Waals surface area contributed by atoms with Crippen molar-refractivity contribution < 1.29 is 0 Å². The number of nitrogens with zero attached hydrogens (tertiary/aromatic N) is 5. The Morgan fingerprint density at radius 2 is 2.00 bits per heavy atom. The number of aromatic nitrogens is 6. The van der Waals surface area contributed by atoms with E-state index in [-0.39, 0.29) is 0 Å². The lowest BCUT2D eigenvalue weighted by molar-refractivity contribution is 0.774. The van der Waals surface area contributed by atoms with Crippen molar-refractivity contribution in [3.05, 3.63) is 17.3 Å². The van der Waals surface area contributed by atoms with Gasteiger partial charge in [0.1, 0.15) is 5.69 Å². The van der Waals surface area contributed by atoms with Crippen molar-refractivity contribution in [2.75, 3.05) is 0 Å². The van der Waals surface area contributed by atoms with Crippen LogP contribution in [0.1, 0.15) is 31.0 Å².